The summed E-state index contributed by atoms with van der Waals surface area (Å²) in [5, 5.41) is 2.80. The number of rotatable bonds is 2. The number of hydrogen-bond acceptors (Lipinski definition) is 2. The van der Waals surface area contributed by atoms with E-state index in [1.165, 1.54) is 0 Å². The number of amides is 1. The number of carbonyl (C=O) groups is 1. The van der Waals surface area contributed by atoms with Crippen LogP contribution in [0.1, 0.15) is 24.3 Å². The molecule has 0 aliphatic carbocycles. The molecule has 1 amide bonds. The van der Waals surface area contributed by atoms with Crippen LogP contribution < -0.4 is 11.1 Å². The number of hydrogen-bond donors (Lipinski definition) is 2. The summed E-state index contributed by atoms with van der Waals surface area (Å²) in [6, 6.07) is 1.81. The monoisotopic (exact) mass is 181 g/mol. The van der Waals surface area contributed by atoms with Crippen molar-refractivity contribution >= 4 is 11.6 Å². The van der Waals surface area contributed by atoms with Gasteiger partial charge < -0.3 is 15.6 Å². The van der Waals surface area contributed by atoms with Crippen molar-refractivity contribution in [1.29, 1.82) is 0 Å². The Balaban J connectivity index is 2.82. The third kappa shape index (κ3) is 2.24. The highest BCUT2D eigenvalue weighted by atomic mass is 16.2. The number of nitrogens with one attached hydrogen (secondary N) is 1. The van der Waals surface area contributed by atoms with Crippen molar-refractivity contribution in [2.45, 2.75) is 19.9 Å². The van der Waals surface area contributed by atoms with Gasteiger partial charge in [-0.1, -0.05) is 0 Å². The smallest absolute Gasteiger partial charge is 0.268 e. The molecule has 0 radical (unpaired) electrons. The van der Waals surface area contributed by atoms with Gasteiger partial charge in [-0.05, 0) is 19.9 Å². The van der Waals surface area contributed by atoms with E-state index in [1.54, 1.807) is 23.9 Å². The first-order chi connectivity index (χ1) is 6.00. The standard InChI is InChI=1S/C9H15N3O/c1-6(2)11-9(13)8-4-7(10)5-12(8)3/h4-6H,10H2,1-3H3,(H,11,13). The molecule has 0 aromatic carbocycles. The second-order valence-corrected chi connectivity index (χ2v) is 3.40. The van der Waals surface area contributed by atoms with E-state index in [4.69, 9.17) is 5.73 Å². The zero-order chi connectivity index (χ0) is 10.0. The minimum Gasteiger partial charge on any atom is -0.397 e. The van der Waals surface area contributed by atoms with Crippen LogP contribution in [0.4, 0.5) is 5.69 Å². The maximum absolute atomic E-state index is 11.5. The largest absolute Gasteiger partial charge is 0.397 e. The summed E-state index contributed by atoms with van der Waals surface area (Å²) in [5.41, 5.74) is 6.74. The minimum atomic E-state index is -0.0887. The molecule has 3 N–H and O–H groups in total. The maximum atomic E-state index is 11.5. The molecule has 0 saturated carbocycles. The Labute approximate surface area is 77.7 Å². The van der Waals surface area contributed by atoms with Gasteiger partial charge in [-0.15, -0.1) is 0 Å². The quantitative estimate of drug-likeness (QED) is 0.707. The van der Waals surface area contributed by atoms with Crippen LogP contribution >= 0.6 is 0 Å². The zero-order valence-corrected chi connectivity index (χ0v) is 8.16. The Hall–Kier alpha value is -1.45. The molecule has 4 nitrogen and oxygen atoms in total. The summed E-state index contributed by atoms with van der Waals surface area (Å²) in [5.74, 6) is -0.0887. The van der Waals surface area contributed by atoms with E-state index < -0.39 is 0 Å². The summed E-state index contributed by atoms with van der Waals surface area (Å²) >= 11 is 0. The van der Waals surface area contributed by atoms with Gasteiger partial charge >= 0.3 is 0 Å². The first-order valence-corrected chi connectivity index (χ1v) is 4.23. The summed E-state index contributed by atoms with van der Waals surface area (Å²) < 4.78 is 1.72. The van der Waals surface area contributed by atoms with Crippen molar-refractivity contribution in [1.82, 2.24) is 9.88 Å². The molecule has 1 heterocycles. The fourth-order valence-electron chi connectivity index (χ4n) is 1.15. The predicted octanol–water partition coefficient (Wildman–Crippen LogP) is 0.746. The number of anilines is 1. The van der Waals surface area contributed by atoms with Crippen molar-refractivity contribution in [3.05, 3.63) is 18.0 Å². The Bertz CT molecular complexity index is 315. The molecule has 1 aromatic rings. The number of carbonyl (C=O) groups excluding carboxylic acids is 1. The lowest BCUT2D eigenvalue weighted by atomic mass is 10.3. The second kappa shape index (κ2) is 3.51. The van der Waals surface area contributed by atoms with E-state index in [2.05, 4.69) is 5.32 Å². The molecule has 0 bridgehead atoms. The molecule has 0 aliphatic rings. The maximum Gasteiger partial charge on any atom is 0.268 e. The molecule has 1 rings (SSSR count). The van der Waals surface area contributed by atoms with Crippen molar-refractivity contribution in [3.63, 3.8) is 0 Å². The average molecular weight is 181 g/mol. The summed E-state index contributed by atoms with van der Waals surface area (Å²) in [6.45, 7) is 3.84. The average Bonchev–Trinajstić information content (AvgIpc) is 2.28. The van der Waals surface area contributed by atoms with E-state index in [0.29, 0.717) is 11.4 Å². The molecule has 0 spiro atoms. The van der Waals surface area contributed by atoms with Gasteiger partial charge in [-0.2, -0.15) is 0 Å². The van der Waals surface area contributed by atoms with Gasteiger partial charge in [-0.3, -0.25) is 4.79 Å². The molecule has 0 aliphatic heterocycles. The van der Waals surface area contributed by atoms with E-state index >= 15 is 0 Å². The molecule has 1 aromatic heterocycles. The molecule has 0 unspecified atom stereocenters. The van der Waals surface area contributed by atoms with E-state index in [9.17, 15) is 4.79 Å². The van der Waals surface area contributed by atoms with Crippen LogP contribution in [-0.4, -0.2) is 16.5 Å². The van der Waals surface area contributed by atoms with Crippen molar-refractivity contribution in [2.24, 2.45) is 7.05 Å². The molecular formula is C9H15N3O. The van der Waals surface area contributed by atoms with Gasteiger partial charge in [0.2, 0.25) is 0 Å². The lowest BCUT2D eigenvalue weighted by Gasteiger charge is -2.08. The number of nitrogens with two attached hydrogens (primary N) is 1. The highest BCUT2D eigenvalue weighted by Gasteiger charge is 2.10. The number of aryl methyl sites for hydroxylation is 1. The topological polar surface area (TPSA) is 60.1 Å². The van der Waals surface area contributed by atoms with Crippen LogP contribution in [0, 0.1) is 0 Å². The molecule has 4 heteroatoms. The van der Waals surface area contributed by atoms with Gasteiger partial charge in [0.25, 0.3) is 5.91 Å². The summed E-state index contributed by atoms with van der Waals surface area (Å²) in [6.07, 6.45) is 1.72. The lowest BCUT2D eigenvalue weighted by molar-refractivity contribution is 0.0935. The van der Waals surface area contributed by atoms with Gasteiger partial charge in [0.1, 0.15) is 5.69 Å². The summed E-state index contributed by atoms with van der Waals surface area (Å²) in [4.78, 5) is 11.5. The Morgan fingerprint density at radius 1 is 1.62 bits per heavy atom. The SMILES string of the molecule is CC(C)NC(=O)c1cc(N)cn1C. The first-order valence-electron chi connectivity index (χ1n) is 4.23. The van der Waals surface area contributed by atoms with Crippen LogP contribution in [0.3, 0.4) is 0 Å². The third-order valence-electron chi connectivity index (χ3n) is 1.68. The predicted molar refractivity (Wildman–Crippen MR) is 52.4 cm³/mol. The fraction of sp³-hybridized carbons (Fsp3) is 0.444. The van der Waals surface area contributed by atoms with Gasteiger partial charge in [0, 0.05) is 19.3 Å². The van der Waals surface area contributed by atoms with Crippen molar-refractivity contribution < 1.29 is 4.79 Å². The second-order valence-electron chi connectivity index (χ2n) is 3.40. The number of nitrogen functional groups attached to an aromatic ring is 1. The Morgan fingerprint density at radius 2 is 2.23 bits per heavy atom. The fourth-order valence-corrected chi connectivity index (χ4v) is 1.15. The van der Waals surface area contributed by atoms with E-state index in [0.717, 1.165) is 0 Å². The minimum absolute atomic E-state index is 0.0887. The first kappa shape index (κ1) is 9.64. The highest BCUT2D eigenvalue weighted by Crippen LogP contribution is 2.08. The number of nitrogens with zero attached hydrogens (tertiary/aromatic N) is 1. The highest BCUT2D eigenvalue weighted by molar-refractivity contribution is 5.93. The molecule has 13 heavy (non-hydrogen) atoms. The number of aromatic nitrogens is 1. The molecule has 0 saturated heterocycles. The van der Waals surface area contributed by atoms with Crippen molar-refractivity contribution in [2.75, 3.05) is 5.73 Å². The molecular weight excluding hydrogens is 166 g/mol. The normalized spacial score (nSPS) is 10.5. The third-order valence-corrected chi connectivity index (χ3v) is 1.68. The zero-order valence-electron chi connectivity index (χ0n) is 8.16. The molecule has 0 atom stereocenters. The van der Waals surface area contributed by atoms with Crippen LogP contribution in [0.2, 0.25) is 0 Å². The van der Waals surface area contributed by atoms with Gasteiger partial charge in [-0.25, -0.2) is 0 Å². The summed E-state index contributed by atoms with van der Waals surface area (Å²) in [7, 11) is 1.80. The van der Waals surface area contributed by atoms with Crippen LogP contribution in [-0.2, 0) is 7.05 Å². The molecule has 72 valence electrons. The van der Waals surface area contributed by atoms with Crippen molar-refractivity contribution in [3.8, 4) is 0 Å². The van der Waals surface area contributed by atoms with Crippen LogP contribution in [0.15, 0.2) is 12.3 Å². The van der Waals surface area contributed by atoms with E-state index in [-0.39, 0.29) is 11.9 Å². The Kier molecular flexibility index (Phi) is 2.60. The van der Waals surface area contributed by atoms with Gasteiger partial charge in [0.15, 0.2) is 0 Å². The van der Waals surface area contributed by atoms with Gasteiger partial charge in [0.05, 0.1) is 5.69 Å². The lowest BCUT2D eigenvalue weighted by Crippen LogP contribution is -2.31. The van der Waals surface area contributed by atoms with E-state index in [1.807, 2.05) is 13.8 Å². The van der Waals surface area contributed by atoms with Crippen LogP contribution in [0.5, 0.6) is 0 Å². The Morgan fingerprint density at radius 3 is 2.62 bits per heavy atom. The van der Waals surface area contributed by atoms with Crippen LogP contribution in [0.25, 0.3) is 0 Å². The molecule has 0 fully saturated rings.